The molecule has 0 aliphatic carbocycles. The van der Waals surface area contributed by atoms with Crippen molar-refractivity contribution in [2.45, 2.75) is 35.6 Å². The van der Waals surface area contributed by atoms with Crippen molar-refractivity contribution in [3.63, 3.8) is 0 Å². The second-order valence-electron chi connectivity index (χ2n) is 5.37. The molecular formula is C15H18Cl4N2O. The van der Waals surface area contributed by atoms with Gasteiger partial charge in [0.25, 0.3) is 5.91 Å². The van der Waals surface area contributed by atoms with Gasteiger partial charge >= 0.3 is 0 Å². The highest BCUT2D eigenvalue weighted by molar-refractivity contribution is 6.68. The lowest BCUT2D eigenvalue weighted by atomic mass is 10.2. The standard InChI is InChI=1S/C15H18Cl4N2O/c16-12-7-5-11(6-8-12)13(22)20-14(15(17,18)19)21-9-3-1-2-4-10-21/h5-8,14H,1-4,9-10H2,(H,20,22). The molecule has 1 aromatic carbocycles. The van der Waals surface area contributed by atoms with Crippen molar-refractivity contribution < 1.29 is 4.79 Å². The Bertz CT molecular complexity index is 493. The lowest BCUT2D eigenvalue weighted by Gasteiger charge is -2.35. The number of nitrogens with one attached hydrogen (secondary N) is 1. The summed E-state index contributed by atoms with van der Waals surface area (Å²) in [5.41, 5.74) is 0.485. The number of nitrogens with zero attached hydrogens (tertiary/aromatic N) is 1. The molecule has 22 heavy (non-hydrogen) atoms. The van der Waals surface area contributed by atoms with Crippen molar-refractivity contribution in [1.82, 2.24) is 10.2 Å². The molecule has 7 heteroatoms. The Kier molecular flexibility index (Phi) is 6.66. The summed E-state index contributed by atoms with van der Waals surface area (Å²) in [6.07, 6.45) is 3.74. The number of likely N-dealkylation sites (tertiary alicyclic amines) is 1. The topological polar surface area (TPSA) is 32.3 Å². The van der Waals surface area contributed by atoms with Gasteiger partial charge in [0.1, 0.15) is 6.17 Å². The third-order valence-electron chi connectivity index (χ3n) is 3.69. The van der Waals surface area contributed by atoms with Gasteiger partial charge in [0.2, 0.25) is 3.79 Å². The molecule has 122 valence electrons. The molecule has 0 aromatic heterocycles. The van der Waals surface area contributed by atoms with E-state index in [2.05, 4.69) is 5.32 Å². The van der Waals surface area contributed by atoms with Crippen LogP contribution in [0.3, 0.4) is 0 Å². The van der Waals surface area contributed by atoms with Crippen molar-refractivity contribution >= 4 is 52.3 Å². The van der Waals surface area contributed by atoms with Gasteiger partial charge in [-0.3, -0.25) is 9.69 Å². The van der Waals surface area contributed by atoms with E-state index in [-0.39, 0.29) is 5.91 Å². The summed E-state index contributed by atoms with van der Waals surface area (Å²) in [6.45, 7) is 1.61. The summed E-state index contributed by atoms with van der Waals surface area (Å²) in [7, 11) is 0. The Balaban J connectivity index is 2.12. The van der Waals surface area contributed by atoms with Gasteiger partial charge in [-0.25, -0.2) is 0 Å². The fraction of sp³-hybridized carbons (Fsp3) is 0.533. The molecule has 2 rings (SSSR count). The van der Waals surface area contributed by atoms with E-state index in [1.165, 1.54) is 0 Å². The molecule has 1 N–H and O–H groups in total. The highest BCUT2D eigenvalue weighted by atomic mass is 35.6. The molecule has 1 saturated heterocycles. The summed E-state index contributed by atoms with van der Waals surface area (Å²) < 4.78 is -1.59. The number of amides is 1. The van der Waals surface area contributed by atoms with E-state index in [1.54, 1.807) is 24.3 Å². The SMILES string of the molecule is O=C(NC(N1CCCCCC1)C(Cl)(Cl)Cl)c1ccc(Cl)cc1. The van der Waals surface area contributed by atoms with Crippen LogP contribution in [0.15, 0.2) is 24.3 Å². The summed E-state index contributed by atoms with van der Waals surface area (Å²) in [4.78, 5) is 14.4. The molecule has 0 bridgehead atoms. The minimum absolute atomic E-state index is 0.280. The Hall–Kier alpha value is -0.190. The van der Waals surface area contributed by atoms with Crippen LogP contribution in [0, 0.1) is 0 Å². The number of carbonyl (C=O) groups excluding carboxylic acids is 1. The Morgan fingerprint density at radius 3 is 2.09 bits per heavy atom. The van der Waals surface area contributed by atoms with Crippen LogP contribution in [0.2, 0.25) is 5.02 Å². The molecule has 1 unspecified atom stereocenters. The van der Waals surface area contributed by atoms with Crippen LogP contribution in [-0.4, -0.2) is 33.9 Å². The number of hydrogen-bond acceptors (Lipinski definition) is 2. The van der Waals surface area contributed by atoms with Crippen LogP contribution in [0.1, 0.15) is 36.0 Å². The van der Waals surface area contributed by atoms with Gasteiger partial charge in [0, 0.05) is 23.7 Å². The molecule has 0 saturated carbocycles. The normalized spacial score (nSPS) is 18.5. The van der Waals surface area contributed by atoms with E-state index in [9.17, 15) is 4.79 Å². The highest BCUT2D eigenvalue weighted by Gasteiger charge is 2.38. The van der Waals surface area contributed by atoms with Gasteiger partial charge in [-0.2, -0.15) is 0 Å². The first-order valence-corrected chi connectivity index (χ1v) is 8.76. The predicted molar refractivity (Wildman–Crippen MR) is 93.0 cm³/mol. The number of hydrogen-bond donors (Lipinski definition) is 1. The van der Waals surface area contributed by atoms with Crippen molar-refractivity contribution in [3.8, 4) is 0 Å². The van der Waals surface area contributed by atoms with E-state index in [0.717, 1.165) is 38.8 Å². The van der Waals surface area contributed by atoms with Crippen LogP contribution in [0.5, 0.6) is 0 Å². The molecule has 1 amide bonds. The second kappa shape index (κ2) is 8.07. The van der Waals surface area contributed by atoms with Gasteiger partial charge < -0.3 is 5.32 Å². The number of alkyl halides is 3. The van der Waals surface area contributed by atoms with E-state index < -0.39 is 9.96 Å². The molecule has 1 fully saturated rings. The van der Waals surface area contributed by atoms with Crippen LogP contribution in [0.4, 0.5) is 0 Å². The molecule has 1 atom stereocenters. The number of halogens is 4. The first kappa shape index (κ1) is 18.2. The Morgan fingerprint density at radius 1 is 1.05 bits per heavy atom. The summed E-state index contributed by atoms with van der Waals surface area (Å²) in [6, 6.07) is 6.62. The van der Waals surface area contributed by atoms with Crippen LogP contribution in [0.25, 0.3) is 0 Å². The van der Waals surface area contributed by atoms with Crippen molar-refractivity contribution in [2.24, 2.45) is 0 Å². The average molecular weight is 384 g/mol. The van der Waals surface area contributed by atoms with E-state index in [0.29, 0.717) is 10.6 Å². The highest BCUT2D eigenvalue weighted by Crippen LogP contribution is 2.33. The lowest BCUT2D eigenvalue weighted by Crippen LogP contribution is -2.55. The monoisotopic (exact) mass is 382 g/mol. The van der Waals surface area contributed by atoms with Gasteiger partial charge in [0.05, 0.1) is 0 Å². The zero-order valence-electron chi connectivity index (χ0n) is 12.0. The molecule has 1 aromatic rings. The van der Waals surface area contributed by atoms with Gasteiger partial charge in [-0.15, -0.1) is 0 Å². The molecule has 0 radical (unpaired) electrons. The van der Waals surface area contributed by atoms with Gasteiger partial charge in [-0.05, 0) is 37.1 Å². The minimum atomic E-state index is -1.59. The first-order valence-electron chi connectivity index (χ1n) is 7.25. The first-order chi connectivity index (χ1) is 10.4. The smallest absolute Gasteiger partial charge is 0.252 e. The van der Waals surface area contributed by atoms with Crippen LogP contribution in [-0.2, 0) is 0 Å². The number of benzene rings is 1. The van der Waals surface area contributed by atoms with Gasteiger partial charge in [0.15, 0.2) is 0 Å². The molecule has 1 aliphatic heterocycles. The average Bonchev–Trinajstić information content (AvgIpc) is 2.73. The largest absolute Gasteiger partial charge is 0.332 e. The maximum absolute atomic E-state index is 12.4. The lowest BCUT2D eigenvalue weighted by molar-refractivity contribution is 0.0853. The maximum Gasteiger partial charge on any atom is 0.252 e. The predicted octanol–water partition coefficient (Wildman–Crippen LogP) is 4.64. The van der Waals surface area contributed by atoms with Gasteiger partial charge in [-0.1, -0.05) is 59.2 Å². The van der Waals surface area contributed by atoms with Crippen LogP contribution >= 0.6 is 46.4 Å². The molecular weight excluding hydrogens is 366 g/mol. The Labute approximate surface area is 150 Å². The van der Waals surface area contributed by atoms with E-state index in [4.69, 9.17) is 46.4 Å². The fourth-order valence-electron chi connectivity index (χ4n) is 2.54. The van der Waals surface area contributed by atoms with E-state index >= 15 is 0 Å². The molecule has 1 heterocycles. The maximum atomic E-state index is 12.4. The quantitative estimate of drug-likeness (QED) is 0.771. The summed E-state index contributed by atoms with van der Waals surface area (Å²) in [5.74, 6) is -0.280. The van der Waals surface area contributed by atoms with Crippen molar-refractivity contribution in [2.75, 3.05) is 13.1 Å². The zero-order valence-corrected chi connectivity index (χ0v) is 15.0. The third kappa shape index (κ3) is 5.17. The minimum Gasteiger partial charge on any atom is -0.332 e. The second-order valence-corrected chi connectivity index (χ2v) is 8.18. The fourth-order valence-corrected chi connectivity index (χ4v) is 3.25. The molecule has 1 aliphatic rings. The zero-order chi connectivity index (χ0) is 16.2. The van der Waals surface area contributed by atoms with Crippen molar-refractivity contribution in [1.29, 1.82) is 0 Å². The van der Waals surface area contributed by atoms with E-state index in [1.807, 2.05) is 4.90 Å². The van der Waals surface area contributed by atoms with Crippen LogP contribution < -0.4 is 5.32 Å². The molecule has 0 spiro atoms. The third-order valence-corrected chi connectivity index (χ3v) is 4.56. The summed E-state index contributed by atoms with van der Waals surface area (Å²) in [5, 5.41) is 3.41. The number of rotatable bonds is 3. The summed E-state index contributed by atoms with van der Waals surface area (Å²) >= 11 is 24.1. The molecule has 3 nitrogen and oxygen atoms in total. The van der Waals surface area contributed by atoms with Crippen molar-refractivity contribution in [3.05, 3.63) is 34.9 Å². The number of carbonyl (C=O) groups is 1. The Morgan fingerprint density at radius 2 is 1.59 bits per heavy atom.